The quantitative estimate of drug-likeness (QED) is 0.137. The second-order valence-electron chi connectivity index (χ2n) is 6.20. The first kappa shape index (κ1) is 26.4. The Morgan fingerprint density at radius 3 is 1.25 bits per heavy atom. The molecule has 0 aliphatic heterocycles. The molecule has 0 radical (unpaired) electrons. The van der Waals surface area contributed by atoms with Gasteiger partial charge in [-0.3, -0.25) is 0 Å². The number of rotatable bonds is 18. The van der Waals surface area contributed by atoms with Crippen LogP contribution in [0.25, 0.3) is 0 Å². The van der Waals surface area contributed by atoms with E-state index in [1.807, 2.05) is 0 Å². The van der Waals surface area contributed by atoms with Crippen molar-refractivity contribution in [3.8, 4) is 0 Å². The zero-order valence-electron chi connectivity index (χ0n) is 18.1. The third-order valence-electron chi connectivity index (χ3n) is 3.98. The third kappa shape index (κ3) is 10.4. The van der Waals surface area contributed by atoms with Crippen molar-refractivity contribution in [3.05, 3.63) is 86.8 Å². The zero-order chi connectivity index (χ0) is 23.6. The summed E-state index contributed by atoms with van der Waals surface area (Å²) in [5, 5.41) is 0. The highest BCUT2D eigenvalue weighted by Gasteiger charge is 2.13. The van der Waals surface area contributed by atoms with E-state index in [9.17, 15) is 9.59 Å². The Kier molecular flexibility index (Phi) is 13.2. The van der Waals surface area contributed by atoms with Crippen molar-refractivity contribution in [2.75, 3.05) is 13.2 Å². The summed E-state index contributed by atoms with van der Waals surface area (Å²) < 4.78 is 31.0. The highest BCUT2D eigenvalue weighted by Crippen LogP contribution is 2.11. The summed E-state index contributed by atoms with van der Waals surface area (Å²) in [4.78, 5) is 24.3. The summed E-state index contributed by atoms with van der Waals surface area (Å²) in [6.45, 7) is 14.2. The van der Waals surface area contributed by atoms with Gasteiger partial charge in [0.25, 0.3) is 0 Å². The molecule has 0 spiro atoms. The van der Waals surface area contributed by atoms with Crippen LogP contribution in [0.1, 0.15) is 46.4 Å². The van der Waals surface area contributed by atoms with Crippen LogP contribution >= 0.6 is 0 Å². The summed E-state index contributed by atoms with van der Waals surface area (Å²) >= 11 is 0. The molecule has 0 aromatic heterocycles. The lowest BCUT2D eigenvalue weighted by Gasteiger charge is -2.15. The molecule has 8 heteroatoms. The number of esters is 2. The first-order valence-corrected chi connectivity index (χ1v) is 10.1. The van der Waals surface area contributed by atoms with Gasteiger partial charge in [-0.15, -0.1) is 0 Å². The van der Waals surface area contributed by atoms with E-state index in [1.165, 1.54) is 49.3 Å². The minimum absolute atomic E-state index is 0.187. The van der Waals surface area contributed by atoms with Crippen molar-refractivity contribution < 1.29 is 38.0 Å². The maximum absolute atomic E-state index is 12.1. The Hall–Kier alpha value is -3.68. The lowest BCUT2D eigenvalue weighted by Crippen LogP contribution is -2.14. The maximum Gasteiger partial charge on any atom is 0.338 e. The van der Waals surface area contributed by atoms with Gasteiger partial charge in [-0.2, -0.15) is 0 Å². The normalized spacial score (nSPS) is 10.1. The van der Waals surface area contributed by atoms with E-state index in [1.54, 1.807) is 0 Å². The predicted octanol–water partition coefficient (Wildman–Crippen LogP) is 4.85. The van der Waals surface area contributed by atoms with Gasteiger partial charge in [0, 0.05) is 12.8 Å². The van der Waals surface area contributed by atoms with Gasteiger partial charge in [-0.1, -0.05) is 26.3 Å². The molecule has 0 N–H and O–H groups in total. The van der Waals surface area contributed by atoms with Gasteiger partial charge < -0.3 is 28.4 Å². The monoisotopic (exact) mass is 446 g/mol. The van der Waals surface area contributed by atoms with Crippen LogP contribution in [-0.4, -0.2) is 37.7 Å². The average molecular weight is 446 g/mol. The van der Waals surface area contributed by atoms with Crippen molar-refractivity contribution in [1.82, 2.24) is 0 Å². The topological polar surface area (TPSA) is 89.5 Å². The Morgan fingerprint density at radius 2 is 0.969 bits per heavy atom. The number of carbonyl (C=O) groups is 2. The smallest absolute Gasteiger partial charge is 0.338 e. The molecule has 1 aromatic carbocycles. The fourth-order valence-corrected chi connectivity index (χ4v) is 2.50. The second kappa shape index (κ2) is 16.1. The van der Waals surface area contributed by atoms with Crippen LogP contribution in [0.4, 0.5) is 0 Å². The van der Waals surface area contributed by atoms with Crippen molar-refractivity contribution >= 4 is 11.9 Å². The van der Waals surface area contributed by atoms with E-state index in [0.717, 1.165) is 0 Å². The molecule has 174 valence electrons. The standard InChI is InChI=1S/C24H30O8/c1-5-27-21(28-6-2)11-9-17-31-23(25)19-13-15-20(16-14-19)24(26)32-18-10-12-22(29-7-3)30-8-4/h5-8,13-16,21-22H,1-4,9-12,17-18H2. The molecule has 8 nitrogen and oxygen atoms in total. The molecule has 0 bridgehead atoms. The summed E-state index contributed by atoms with van der Waals surface area (Å²) in [7, 11) is 0. The minimum atomic E-state index is -0.524. The fourth-order valence-electron chi connectivity index (χ4n) is 2.50. The summed E-state index contributed by atoms with van der Waals surface area (Å²) in [6, 6.07) is 6.04. The number of carbonyl (C=O) groups excluding carboxylic acids is 2. The minimum Gasteiger partial charge on any atom is -0.463 e. The van der Waals surface area contributed by atoms with Gasteiger partial charge in [-0.05, 0) is 37.1 Å². The van der Waals surface area contributed by atoms with Crippen LogP contribution in [0.2, 0.25) is 0 Å². The number of ether oxygens (including phenoxy) is 6. The van der Waals surface area contributed by atoms with Gasteiger partial charge >= 0.3 is 11.9 Å². The van der Waals surface area contributed by atoms with Gasteiger partial charge in [0.15, 0.2) is 0 Å². The molecule has 0 aliphatic rings. The average Bonchev–Trinajstić information content (AvgIpc) is 2.79. The molecular weight excluding hydrogens is 416 g/mol. The van der Waals surface area contributed by atoms with Crippen molar-refractivity contribution in [2.45, 2.75) is 38.3 Å². The molecule has 0 amide bonds. The summed E-state index contributed by atoms with van der Waals surface area (Å²) in [6.07, 6.45) is 6.10. The van der Waals surface area contributed by atoms with E-state index < -0.39 is 24.5 Å². The van der Waals surface area contributed by atoms with Gasteiger partial charge in [-0.25, -0.2) is 9.59 Å². The lowest BCUT2D eigenvalue weighted by atomic mass is 10.1. The fraction of sp³-hybridized carbons (Fsp3) is 0.333. The van der Waals surface area contributed by atoms with Crippen LogP contribution in [0, 0.1) is 0 Å². The Balaban J connectivity index is 2.37. The van der Waals surface area contributed by atoms with Gasteiger partial charge in [0.2, 0.25) is 12.6 Å². The van der Waals surface area contributed by atoms with E-state index >= 15 is 0 Å². The highest BCUT2D eigenvalue weighted by molar-refractivity contribution is 5.93. The van der Waals surface area contributed by atoms with Crippen molar-refractivity contribution in [2.24, 2.45) is 0 Å². The van der Waals surface area contributed by atoms with Crippen molar-refractivity contribution in [3.63, 3.8) is 0 Å². The molecule has 1 rings (SSSR count). The van der Waals surface area contributed by atoms with E-state index in [4.69, 9.17) is 28.4 Å². The number of benzene rings is 1. The highest BCUT2D eigenvalue weighted by atomic mass is 16.7. The van der Waals surface area contributed by atoms with Gasteiger partial charge in [0.1, 0.15) is 0 Å². The van der Waals surface area contributed by atoms with Crippen LogP contribution in [0.15, 0.2) is 75.6 Å². The SMILES string of the molecule is C=COC(CCCOC(=O)c1ccc(C(=O)OCCCC(OC=C)OC=C)cc1)OC=C. The van der Waals surface area contributed by atoms with Gasteiger partial charge in [0.05, 0.1) is 49.4 Å². The molecule has 32 heavy (non-hydrogen) atoms. The summed E-state index contributed by atoms with van der Waals surface area (Å²) in [5.41, 5.74) is 0.655. The van der Waals surface area contributed by atoms with E-state index in [-0.39, 0.29) is 13.2 Å². The maximum atomic E-state index is 12.1. The number of hydrogen-bond acceptors (Lipinski definition) is 8. The van der Waals surface area contributed by atoms with Crippen molar-refractivity contribution in [1.29, 1.82) is 0 Å². The molecule has 0 aliphatic carbocycles. The van der Waals surface area contributed by atoms with E-state index in [0.29, 0.717) is 36.8 Å². The third-order valence-corrected chi connectivity index (χ3v) is 3.98. The molecule has 0 unspecified atom stereocenters. The Labute approximate surface area is 188 Å². The Morgan fingerprint density at radius 1 is 0.656 bits per heavy atom. The van der Waals surface area contributed by atoms with Crippen LogP contribution in [-0.2, 0) is 28.4 Å². The molecule has 0 saturated heterocycles. The predicted molar refractivity (Wildman–Crippen MR) is 118 cm³/mol. The zero-order valence-corrected chi connectivity index (χ0v) is 18.1. The molecule has 1 aromatic rings. The first-order chi connectivity index (χ1) is 15.5. The lowest BCUT2D eigenvalue weighted by molar-refractivity contribution is -0.0686. The second-order valence-corrected chi connectivity index (χ2v) is 6.20. The molecular formula is C24H30O8. The molecule has 0 heterocycles. The molecule has 0 atom stereocenters. The van der Waals surface area contributed by atoms with Crippen LogP contribution < -0.4 is 0 Å². The largest absolute Gasteiger partial charge is 0.463 e. The summed E-state index contributed by atoms with van der Waals surface area (Å²) in [5.74, 6) is -0.988. The first-order valence-electron chi connectivity index (χ1n) is 10.1. The van der Waals surface area contributed by atoms with E-state index in [2.05, 4.69) is 26.3 Å². The molecule has 0 fully saturated rings. The van der Waals surface area contributed by atoms with Crippen LogP contribution in [0.3, 0.4) is 0 Å². The Bertz CT molecular complexity index is 658. The number of hydrogen-bond donors (Lipinski definition) is 0. The molecule has 0 saturated carbocycles. The van der Waals surface area contributed by atoms with Crippen LogP contribution in [0.5, 0.6) is 0 Å².